The molecule has 1 amide bonds. The zero-order valence-electron chi connectivity index (χ0n) is 17.9. The summed E-state index contributed by atoms with van der Waals surface area (Å²) in [6.45, 7) is 4.17. The lowest BCUT2D eigenvalue weighted by Crippen LogP contribution is -2.43. The Kier molecular flexibility index (Phi) is 5.14. The molecule has 2 aromatic carbocycles. The van der Waals surface area contributed by atoms with E-state index in [1.54, 1.807) is 25.2 Å². The minimum atomic E-state index is -0.322. The number of nitrogens with zero attached hydrogens (tertiary/aromatic N) is 1. The minimum Gasteiger partial charge on any atom is -0.497 e. The van der Waals surface area contributed by atoms with Crippen molar-refractivity contribution < 1.29 is 19.1 Å². The number of benzene rings is 2. The molecule has 30 heavy (non-hydrogen) atoms. The van der Waals surface area contributed by atoms with E-state index >= 15 is 0 Å². The fourth-order valence-corrected chi connectivity index (χ4v) is 4.66. The van der Waals surface area contributed by atoms with Crippen LogP contribution in [0, 0.1) is 5.41 Å². The van der Waals surface area contributed by atoms with Crippen molar-refractivity contribution in [2.24, 2.45) is 5.41 Å². The SMILES string of the molecule is COc1ccc(C2CC(=O)N(c3ccccc3)C3=C2C(=O)CC(C)(C)C3)c(OC)c1. The van der Waals surface area contributed by atoms with Crippen LogP contribution in [0.15, 0.2) is 59.8 Å². The van der Waals surface area contributed by atoms with Crippen LogP contribution in [-0.2, 0) is 9.59 Å². The van der Waals surface area contributed by atoms with Crippen molar-refractivity contribution in [3.8, 4) is 11.5 Å². The molecule has 0 radical (unpaired) electrons. The summed E-state index contributed by atoms with van der Waals surface area (Å²) in [5, 5.41) is 0. The predicted octanol–water partition coefficient (Wildman–Crippen LogP) is 4.87. The summed E-state index contributed by atoms with van der Waals surface area (Å²) in [6.07, 6.45) is 1.36. The second-order valence-electron chi connectivity index (χ2n) is 8.73. The van der Waals surface area contributed by atoms with Crippen molar-refractivity contribution in [1.29, 1.82) is 0 Å². The van der Waals surface area contributed by atoms with Gasteiger partial charge in [0.05, 0.1) is 14.2 Å². The standard InChI is InChI=1S/C25H27NO4/c1-25(2)14-20-24(21(27)15-25)19(18-11-10-17(29-3)12-22(18)30-4)13-23(28)26(20)16-8-6-5-7-9-16/h5-12,19H,13-15H2,1-4H3. The third-order valence-electron chi connectivity index (χ3n) is 5.97. The van der Waals surface area contributed by atoms with Gasteiger partial charge in [-0.25, -0.2) is 0 Å². The molecule has 2 aliphatic rings. The Morgan fingerprint density at radius 3 is 2.37 bits per heavy atom. The molecular formula is C25H27NO4. The van der Waals surface area contributed by atoms with Crippen LogP contribution in [0.2, 0.25) is 0 Å². The molecule has 0 spiro atoms. The molecule has 156 valence electrons. The van der Waals surface area contributed by atoms with Gasteiger partial charge in [-0.3, -0.25) is 14.5 Å². The first-order valence-electron chi connectivity index (χ1n) is 10.2. The van der Waals surface area contributed by atoms with E-state index in [0.29, 0.717) is 24.3 Å². The van der Waals surface area contributed by atoms with Gasteiger partial charge in [-0.15, -0.1) is 0 Å². The summed E-state index contributed by atoms with van der Waals surface area (Å²) in [6, 6.07) is 15.2. The fraction of sp³-hybridized carbons (Fsp3) is 0.360. The number of Topliss-reactive ketones (excluding diaryl/α,β-unsaturated/α-hetero) is 1. The Balaban J connectivity index is 1.90. The number of allylic oxidation sites excluding steroid dienone is 2. The molecule has 0 N–H and O–H groups in total. The molecule has 0 aromatic heterocycles. The maximum absolute atomic E-state index is 13.4. The molecule has 0 bridgehead atoms. The van der Waals surface area contributed by atoms with Gasteiger partial charge in [-0.1, -0.05) is 38.1 Å². The largest absolute Gasteiger partial charge is 0.497 e. The highest BCUT2D eigenvalue weighted by atomic mass is 16.5. The van der Waals surface area contributed by atoms with Crippen molar-refractivity contribution in [3.63, 3.8) is 0 Å². The molecule has 5 heteroatoms. The second-order valence-corrected chi connectivity index (χ2v) is 8.73. The predicted molar refractivity (Wildman–Crippen MR) is 116 cm³/mol. The minimum absolute atomic E-state index is 0.00618. The summed E-state index contributed by atoms with van der Waals surface area (Å²) in [4.78, 5) is 28.5. The Labute approximate surface area is 177 Å². The van der Waals surface area contributed by atoms with E-state index in [9.17, 15) is 9.59 Å². The number of hydrogen-bond donors (Lipinski definition) is 0. The fourth-order valence-electron chi connectivity index (χ4n) is 4.66. The summed E-state index contributed by atoms with van der Waals surface area (Å²) in [5.74, 6) is 1.08. The smallest absolute Gasteiger partial charge is 0.232 e. The van der Waals surface area contributed by atoms with E-state index in [1.165, 1.54) is 0 Å². The van der Waals surface area contributed by atoms with Crippen molar-refractivity contribution in [3.05, 3.63) is 65.4 Å². The van der Waals surface area contributed by atoms with Gasteiger partial charge in [0.1, 0.15) is 11.5 Å². The van der Waals surface area contributed by atoms with Crippen LogP contribution in [0.3, 0.4) is 0 Å². The topological polar surface area (TPSA) is 55.8 Å². The maximum Gasteiger partial charge on any atom is 0.232 e. The van der Waals surface area contributed by atoms with E-state index in [1.807, 2.05) is 42.5 Å². The van der Waals surface area contributed by atoms with Gasteiger partial charge in [0.2, 0.25) is 5.91 Å². The Hall–Kier alpha value is -3.08. The molecule has 1 aliphatic carbocycles. The first-order chi connectivity index (χ1) is 14.3. The van der Waals surface area contributed by atoms with Crippen molar-refractivity contribution in [1.82, 2.24) is 0 Å². The third-order valence-corrected chi connectivity index (χ3v) is 5.97. The highest BCUT2D eigenvalue weighted by molar-refractivity contribution is 6.08. The van der Waals surface area contributed by atoms with E-state index in [4.69, 9.17) is 9.47 Å². The Morgan fingerprint density at radius 2 is 1.70 bits per heavy atom. The van der Waals surface area contributed by atoms with Gasteiger partial charge in [0, 0.05) is 47.3 Å². The number of carbonyl (C=O) groups excluding carboxylic acids is 2. The van der Waals surface area contributed by atoms with Gasteiger partial charge in [0.25, 0.3) is 0 Å². The third kappa shape index (κ3) is 3.49. The summed E-state index contributed by atoms with van der Waals surface area (Å²) in [5.41, 5.74) is 3.01. The molecule has 1 unspecified atom stereocenters. The number of para-hydroxylation sites is 1. The lowest BCUT2D eigenvalue weighted by molar-refractivity contribution is -0.121. The van der Waals surface area contributed by atoms with Crippen LogP contribution in [0.5, 0.6) is 11.5 Å². The molecule has 4 rings (SSSR count). The van der Waals surface area contributed by atoms with Crippen LogP contribution >= 0.6 is 0 Å². The van der Waals surface area contributed by atoms with Gasteiger partial charge in [-0.05, 0) is 30.0 Å². The lowest BCUT2D eigenvalue weighted by atomic mass is 9.69. The normalized spacial score (nSPS) is 20.8. The number of amides is 1. The van der Waals surface area contributed by atoms with Gasteiger partial charge in [0.15, 0.2) is 5.78 Å². The van der Waals surface area contributed by atoms with Crippen molar-refractivity contribution in [2.45, 2.75) is 39.0 Å². The van der Waals surface area contributed by atoms with Gasteiger partial charge >= 0.3 is 0 Å². The molecule has 2 aromatic rings. The number of hydrogen-bond acceptors (Lipinski definition) is 4. The summed E-state index contributed by atoms with van der Waals surface area (Å²) < 4.78 is 10.9. The molecule has 1 aliphatic heterocycles. The number of ketones is 1. The molecule has 0 saturated heterocycles. The average molecular weight is 405 g/mol. The van der Waals surface area contributed by atoms with Crippen LogP contribution in [0.4, 0.5) is 5.69 Å². The zero-order valence-corrected chi connectivity index (χ0v) is 17.9. The average Bonchev–Trinajstić information content (AvgIpc) is 2.72. The van der Waals surface area contributed by atoms with Crippen molar-refractivity contribution in [2.75, 3.05) is 19.1 Å². The molecule has 0 saturated carbocycles. The van der Waals surface area contributed by atoms with E-state index < -0.39 is 0 Å². The second kappa shape index (κ2) is 7.63. The molecule has 1 heterocycles. The van der Waals surface area contributed by atoms with E-state index in [0.717, 1.165) is 22.5 Å². The molecule has 5 nitrogen and oxygen atoms in total. The Bertz CT molecular complexity index is 1020. The summed E-state index contributed by atoms with van der Waals surface area (Å²) in [7, 11) is 3.20. The van der Waals surface area contributed by atoms with Crippen LogP contribution < -0.4 is 14.4 Å². The number of rotatable bonds is 4. The number of methoxy groups -OCH3 is 2. The highest BCUT2D eigenvalue weighted by Crippen LogP contribution is 2.49. The van der Waals surface area contributed by atoms with Gasteiger partial charge < -0.3 is 9.47 Å². The van der Waals surface area contributed by atoms with E-state index in [-0.39, 0.29) is 29.4 Å². The zero-order chi connectivity index (χ0) is 21.5. The summed E-state index contributed by atoms with van der Waals surface area (Å²) >= 11 is 0. The molecule has 0 fully saturated rings. The van der Waals surface area contributed by atoms with Crippen LogP contribution in [0.25, 0.3) is 0 Å². The number of ether oxygens (including phenoxy) is 2. The molecule has 1 atom stereocenters. The van der Waals surface area contributed by atoms with Crippen LogP contribution in [0.1, 0.15) is 44.6 Å². The first-order valence-corrected chi connectivity index (χ1v) is 10.2. The van der Waals surface area contributed by atoms with E-state index in [2.05, 4.69) is 13.8 Å². The number of anilines is 1. The monoisotopic (exact) mass is 405 g/mol. The number of carbonyl (C=O) groups is 2. The van der Waals surface area contributed by atoms with Gasteiger partial charge in [-0.2, -0.15) is 0 Å². The van der Waals surface area contributed by atoms with Crippen LogP contribution in [-0.4, -0.2) is 25.9 Å². The quantitative estimate of drug-likeness (QED) is 0.728. The van der Waals surface area contributed by atoms with Crippen molar-refractivity contribution >= 4 is 17.4 Å². The Morgan fingerprint density at radius 1 is 0.967 bits per heavy atom. The lowest BCUT2D eigenvalue weighted by Gasteiger charge is -2.43. The molecular weight excluding hydrogens is 378 g/mol. The maximum atomic E-state index is 13.4. The first kappa shape index (κ1) is 20.2. The highest BCUT2D eigenvalue weighted by Gasteiger charge is 2.45.